The number of anilines is 2. The Morgan fingerprint density at radius 1 is 0.800 bits per heavy atom. The van der Waals surface area contributed by atoms with Crippen LogP contribution in [0.15, 0.2) is 55.0 Å². The van der Waals surface area contributed by atoms with Crippen LogP contribution in [0.5, 0.6) is 0 Å². The SMILES string of the molecule is FC(F)(F)c1cc(N2[C]N(c3ccccn3)C=C2)cc(C(F)(F)F)c1. The molecule has 2 aromatic rings. The van der Waals surface area contributed by atoms with E-state index in [4.69, 9.17) is 0 Å². The average molecular weight is 357 g/mol. The van der Waals surface area contributed by atoms with Crippen LogP contribution in [0.3, 0.4) is 0 Å². The van der Waals surface area contributed by atoms with Gasteiger partial charge in [-0.3, -0.25) is 4.90 Å². The molecule has 1 aliphatic heterocycles. The number of halogens is 6. The van der Waals surface area contributed by atoms with E-state index in [1.54, 1.807) is 18.2 Å². The fourth-order valence-corrected chi connectivity index (χ4v) is 2.16. The maximum absolute atomic E-state index is 12.9. The number of rotatable bonds is 2. The summed E-state index contributed by atoms with van der Waals surface area (Å²) in [4.78, 5) is 6.42. The Hall–Kier alpha value is -2.71. The van der Waals surface area contributed by atoms with Crippen molar-refractivity contribution < 1.29 is 26.3 Å². The van der Waals surface area contributed by atoms with Crippen LogP contribution in [0.25, 0.3) is 0 Å². The minimum atomic E-state index is -4.90. The highest BCUT2D eigenvalue weighted by Crippen LogP contribution is 2.39. The monoisotopic (exact) mass is 357 g/mol. The van der Waals surface area contributed by atoms with Gasteiger partial charge in [0.25, 0.3) is 0 Å². The Morgan fingerprint density at radius 3 is 1.92 bits per heavy atom. The molecule has 0 bridgehead atoms. The second-order valence-corrected chi connectivity index (χ2v) is 5.09. The molecule has 3 rings (SSSR count). The van der Waals surface area contributed by atoms with Gasteiger partial charge >= 0.3 is 12.4 Å². The lowest BCUT2D eigenvalue weighted by Crippen LogP contribution is -2.20. The Bertz CT molecular complexity index is 750. The molecule has 1 aromatic heterocycles. The molecule has 0 aliphatic carbocycles. The highest BCUT2D eigenvalue weighted by molar-refractivity contribution is 5.62. The van der Waals surface area contributed by atoms with Crippen LogP contribution in [0.4, 0.5) is 37.8 Å². The Morgan fingerprint density at radius 2 is 1.40 bits per heavy atom. The second-order valence-electron chi connectivity index (χ2n) is 5.09. The minimum absolute atomic E-state index is 0.0831. The molecule has 0 saturated carbocycles. The van der Waals surface area contributed by atoms with Gasteiger partial charge in [-0.2, -0.15) is 26.3 Å². The van der Waals surface area contributed by atoms with Gasteiger partial charge < -0.3 is 4.90 Å². The Balaban J connectivity index is 1.94. The van der Waals surface area contributed by atoms with Crippen LogP contribution in [0, 0.1) is 6.67 Å². The fourth-order valence-electron chi connectivity index (χ4n) is 2.16. The van der Waals surface area contributed by atoms with E-state index >= 15 is 0 Å². The third-order valence-corrected chi connectivity index (χ3v) is 3.33. The quantitative estimate of drug-likeness (QED) is 0.712. The van der Waals surface area contributed by atoms with Gasteiger partial charge in [0.15, 0.2) is 0 Å². The van der Waals surface area contributed by atoms with Gasteiger partial charge in [0.1, 0.15) is 5.82 Å². The van der Waals surface area contributed by atoms with E-state index in [1.165, 1.54) is 23.5 Å². The number of hydrogen-bond donors (Lipinski definition) is 0. The molecule has 0 fully saturated rings. The summed E-state index contributed by atoms with van der Waals surface area (Å²) in [5.41, 5.74) is -3.08. The summed E-state index contributed by atoms with van der Waals surface area (Å²) < 4.78 is 77.5. The fraction of sp³-hybridized carbons (Fsp3) is 0.125. The molecular formula is C16H9F6N3. The smallest absolute Gasteiger partial charge is 0.315 e. The average Bonchev–Trinajstić information content (AvgIpc) is 3.04. The maximum Gasteiger partial charge on any atom is 0.416 e. The number of pyridine rings is 1. The van der Waals surface area contributed by atoms with E-state index in [-0.39, 0.29) is 11.8 Å². The molecule has 3 nitrogen and oxygen atoms in total. The number of aromatic nitrogens is 1. The predicted octanol–water partition coefficient (Wildman–Crippen LogP) is 4.91. The zero-order valence-electron chi connectivity index (χ0n) is 12.3. The van der Waals surface area contributed by atoms with Gasteiger partial charge in [-0.1, -0.05) is 6.07 Å². The van der Waals surface area contributed by atoms with Crippen LogP contribution in [-0.4, -0.2) is 4.98 Å². The van der Waals surface area contributed by atoms with Crippen LogP contribution >= 0.6 is 0 Å². The second kappa shape index (κ2) is 5.98. The van der Waals surface area contributed by atoms with E-state index in [0.717, 1.165) is 4.90 Å². The van der Waals surface area contributed by atoms with Crippen molar-refractivity contribution in [2.75, 3.05) is 9.80 Å². The van der Waals surface area contributed by atoms with Gasteiger partial charge in [-0.15, -0.1) is 0 Å². The number of alkyl halides is 6. The van der Waals surface area contributed by atoms with Gasteiger partial charge in [0.2, 0.25) is 6.67 Å². The molecule has 0 saturated heterocycles. The van der Waals surface area contributed by atoms with Crippen molar-refractivity contribution in [3.8, 4) is 0 Å². The van der Waals surface area contributed by atoms with Crippen molar-refractivity contribution >= 4 is 11.5 Å². The van der Waals surface area contributed by atoms with Gasteiger partial charge in [-0.25, -0.2) is 4.98 Å². The highest BCUT2D eigenvalue weighted by Gasteiger charge is 2.37. The molecular weight excluding hydrogens is 348 g/mol. The van der Waals surface area contributed by atoms with Crippen molar-refractivity contribution in [2.45, 2.75) is 12.4 Å². The maximum atomic E-state index is 12.9. The summed E-state index contributed by atoms with van der Waals surface area (Å²) in [5.74, 6) is 0.421. The van der Waals surface area contributed by atoms with E-state index in [1.807, 2.05) is 0 Å². The molecule has 1 aromatic carbocycles. The number of nitrogens with zero attached hydrogens (tertiary/aromatic N) is 3. The zero-order chi connectivity index (χ0) is 18.2. The topological polar surface area (TPSA) is 19.4 Å². The molecule has 1 aliphatic rings. The molecule has 9 heteroatoms. The predicted molar refractivity (Wildman–Crippen MR) is 78.0 cm³/mol. The molecule has 0 N–H and O–H groups in total. The largest absolute Gasteiger partial charge is 0.416 e. The van der Waals surface area contributed by atoms with E-state index < -0.39 is 23.5 Å². The Labute approximate surface area is 138 Å². The highest BCUT2D eigenvalue weighted by atomic mass is 19.4. The third-order valence-electron chi connectivity index (χ3n) is 3.33. The summed E-state index contributed by atoms with van der Waals surface area (Å²) in [6.07, 6.45) is -5.58. The number of hydrogen-bond acceptors (Lipinski definition) is 3. The van der Waals surface area contributed by atoms with Crippen molar-refractivity contribution in [2.24, 2.45) is 0 Å². The van der Waals surface area contributed by atoms with Crippen LogP contribution in [0.1, 0.15) is 11.1 Å². The number of benzene rings is 1. The zero-order valence-corrected chi connectivity index (χ0v) is 12.3. The molecule has 0 amide bonds. The molecule has 130 valence electrons. The first-order valence-electron chi connectivity index (χ1n) is 6.88. The lowest BCUT2D eigenvalue weighted by Gasteiger charge is -2.21. The standard InChI is InChI=1S/C16H9F6N3/c17-15(18,19)11-7-12(16(20,21)22)9-13(8-11)24-5-6-25(10-24)14-3-1-2-4-23-14/h1-9H. The van der Waals surface area contributed by atoms with Crippen molar-refractivity contribution in [3.05, 3.63) is 72.8 Å². The molecule has 0 spiro atoms. The summed E-state index contributed by atoms with van der Waals surface area (Å²) in [7, 11) is 0. The summed E-state index contributed by atoms with van der Waals surface area (Å²) in [6, 6.07) is 6.33. The van der Waals surface area contributed by atoms with Gasteiger partial charge in [0, 0.05) is 24.3 Å². The normalized spacial score (nSPS) is 15.1. The first kappa shape index (κ1) is 17.1. The first-order valence-corrected chi connectivity index (χ1v) is 6.88. The summed E-state index contributed by atoms with van der Waals surface area (Å²) in [5, 5.41) is 0. The Kier molecular flexibility index (Phi) is 4.09. The lowest BCUT2D eigenvalue weighted by molar-refractivity contribution is -0.143. The van der Waals surface area contributed by atoms with Gasteiger partial charge in [0.05, 0.1) is 11.1 Å². The van der Waals surface area contributed by atoms with Crippen LogP contribution in [0.2, 0.25) is 0 Å². The minimum Gasteiger partial charge on any atom is -0.315 e. The van der Waals surface area contributed by atoms with Crippen LogP contribution < -0.4 is 9.80 Å². The van der Waals surface area contributed by atoms with Crippen molar-refractivity contribution in [3.63, 3.8) is 0 Å². The van der Waals surface area contributed by atoms with Crippen molar-refractivity contribution in [1.82, 2.24) is 4.98 Å². The summed E-state index contributed by atoms with van der Waals surface area (Å²) in [6.45, 7) is 2.64. The first-order chi connectivity index (χ1) is 11.6. The molecule has 2 radical (unpaired) electrons. The van der Waals surface area contributed by atoms with E-state index in [9.17, 15) is 26.3 Å². The summed E-state index contributed by atoms with van der Waals surface area (Å²) >= 11 is 0. The van der Waals surface area contributed by atoms with Crippen LogP contribution in [-0.2, 0) is 12.4 Å². The van der Waals surface area contributed by atoms with Gasteiger partial charge in [-0.05, 0) is 30.3 Å². The van der Waals surface area contributed by atoms with Crippen molar-refractivity contribution in [1.29, 1.82) is 0 Å². The molecule has 25 heavy (non-hydrogen) atoms. The van der Waals surface area contributed by atoms with E-state index in [0.29, 0.717) is 18.0 Å². The lowest BCUT2D eigenvalue weighted by atomic mass is 10.1. The molecule has 2 heterocycles. The molecule has 0 atom stereocenters. The van der Waals surface area contributed by atoms with E-state index in [2.05, 4.69) is 11.7 Å². The third kappa shape index (κ3) is 3.70. The molecule has 0 unspecified atom stereocenters.